The molecule has 2 N–H and O–H groups in total. The molecule has 33 heavy (non-hydrogen) atoms. The molecular weight excluding hydrogens is 469 g/mol. The van der Waals surface area contributed by atoms with Crippen LogP contribution in [0.15, 0.2) is 24.5 Å². The van der Waals surface area contributed by atoms with Gasteiger partial charge in [0.05, 0.1) is 10.7 Å². The van der Waals surface area contributed by atoms with Crippen LogP contribution in [0.4, 0.5) is 15.0 Å². The van der Waals surface area contributed by atoms with Crippen molar-refractivity contribution < 1.29 is 19.1 Å². The predicted octanol–water partition coefficient (Wildman–Crippen LogP) is 3.49. The van der Waals surface area contributed by atoms with E-state index in [1.807, 2.05) is 11.8 Å². The second-order valence-electron chi connectivity index (χ2n) is 8.03. The van der Waals surface area contributed by atoms with E-state index in [2.05, 4.69) is 27.1 Å². The van der Waals surface area contributed by atoms with Crippen LogP contribution in [0.1, 0.15) is 35.4 Å². The third-order valence-corrected chi connectivity index (χ3v) is 7.69. The molecule has 2 amide bonds. The minimum atomic E-state index is -1.30. The Bertz CT molecular complexity index is 1050. The summed E-state index contributed by atoms with van der Waals surface area (Å²) in [7, 11) is 0. The van der Waals surface area contributed by atoms with Gasteiger partial charge < -0.3 is 20.2 Å². The van der Waals surface area contributed by atoms with Gasteiger partial charge in [-0.15, -0.1) is 11.8 Å². The molecule has 0 spiro atoms. The molecule has 1 saturated heterocycles. The van der Waals surface area contributed by atoms with E-state index < -0.39 is 18.0 Å². The van der Waals surface area contributed by atoms with Crippen LogP contribution >= 0.6 is 23.4 Å². The molecule has 176 valence electrons. The van der Waals surface area contributed by atoms with Gasteiger partial charge >= 0.3 is 6.09 Å². The lowest BCUT2D eigenvalue weighted by atomic mass is 10.0. The number of fused-ring (bicyclic) bond motifs is 1. The molecule has 11 heteroatoms. The lowest BCUT2D eigenvalue weighted by Crippen LogP contribution is -2.55. The normalized spacial score (nSPS) is 18.7. The van der Waals surface area contributed by atoms with E-state index in [1.165, 1.54) is 17.7 Å². The zero-order chi connectivity index (χ0) is 23.5. The largest absolute Gasteiger partial charge is 0.465 e. The fraction of sp³-hybridized carbons (Fsp3) is 0.455. The lowest BCUT2D eigenvalue weighted by molar-refractivity contribution is -0.133. The Morgan fingerprint density at radius 3 is 2.73 bits per heavy atom. The van der Waals surface area contributed by atoms with Crippen LogP contribution in [0, 0.1) is 5.82 Å². The number of anilines is 1. The number of amides is 2. The number of nitrogens with zero attached hydrogens (tertiary/aromatic N) is 4. The van der Waals surface area contributed by atoms with Gasteiger partial charge in [-0.1, -0.05) is 24.6 Å². The first-order chi connectivity index (χ1) is 15.9. The minimum absolute atomic E-state index is 0.0242. The SMILES string of the molecule is CCC1SCc2ncnc(N3CCN(C(=O)[C@@H](Cc4ccc(Cl)c(F)c4)NC(=O)O)CC3)c21. The molecule has 0 aliphatic carbocycles. The molecule has 0 saturated carbocycles. The van der Waals surface area contributed by atoms with E-state index in [4.69, 9.17) is 11.6 Å². The van der Waals surface area contributed by atoms with Crippen LogP contribution in [0.2, 0.25) is 5.02 Å². The van der Waals surface area contributed by atoms with Crippen LogP contribution in [0.25, 0.3) is 0 Å². The standard InChI is InChI=1S/C22H25ClFN5O3S/c1-2-18-19-17(11-33-18)25-12-26-20(19)28-5-7-29(8-6-28)21(30)16(27-22(31)32)10-13-3-4-14(23)15(24)9-13/h3-4,9,12,16,18,27H,2,5-8,10-11H2,1H3,(H,31,32)/t16-,18?/m1/s1. The van der Waals surface area contributed by atoms with Gasteiger partial charge in [0, 0.05) is 49.2 Å². The Labute approximate surface area is 200 Å². The maximum atomic E-state index is 13.8. The maximum absolute atomic E-state index is 13.8. The summed E-state index contributed by atoms with van der Waals surface area (Å²) in [4.78, 5) is 37.3. The van der Waals surface area contributed by atoms with Crippen LogP contribution in [0.5, 0.6) is 0 Å². The monoisotopic (exact) mass is 493 g/mol. The summed E-state index contributed by atoms with van der Waals surface area (Å²) in [5.74, 6) is 0.878. The van der Waals surface area contributed by atoms with Gasteiger partial charge in [0.15, 0.2) is 0 Å². The molecule has 1 fully saturated rings. The number of carbonyl (C=O) groups is 2. The number of benzene rings is 1. The molecular formula is C22H25ClFN5O3S. The smallest absolute Gasteiger partial charge is 0.405 e. The van der Waals surface area contributed by atoms with E-state index in [0.29, 0.717) is 37.0 Å². The van der Waals surface area contributed by atoms with Crippen LogP contribution in [-0.2, 0) is 17.0 Å². The molecule has 4 rings (SSSR count). The molecule has 0 radical (unpaired) electrons. The summed E-state index contributed by atoms with van der Waals surface area (Å²) in [5, 5.41) is 11.9. The topological polar surface area (TPSA) is 98.7 Å². The van der Waals surface area contributed by atoms with Crippen molar-refractivity contribution in [3.63, 3.8) is 0 Å². The molecule has 3 heterocycles. The van der Waals surface area contributed by atoms with Crippen molar-refractivity contribution >= 4 is 41.2 Å². The van der Waals surface area contributed by atoms with Crippen LogP contribution in [0.3, 0.4) is 0 Å². The summed E-state index contributed by atoms with van der Waals surface area (Å²) < 4.78 is 13.8. The maximum Gasteiger partial charge on any atom is 0.405 e. The average Bonchev–Trinajstić information content (AvgIpc) is 3.24. The van der Waals surface area contributed by atoms with Crippen molar-refractivity contribution in [3.05, 3.63) is 52.2 Å². The van der Waals surface area contributed by atoms with Gasteiger partial charge in [-0.25, -0.2) is 19.2 Å². The first-order valence-electron chi connectivity index (χ1n) is 10.8. The summed E-state index contributed by atoms with van der Waals surface area (Å²) in [6.07, 6.45) is 1.34. The predicted molar refractivity (Wildman–Crippen MR) is 125 cm³/mol. The Morgan fingerprint density at radius 2 is 2.06 bits per heavy atom. The third-order valence-electron chi connectivity index (χ3n) is 5.97. The van der Waals surface area contributed by atoms with Gasteiger partial charge in [-0.05, 0) is 24.1 Å². The number of nitrogens with one attached hydrogen (secondary N) is 1. The summed E-state index contributed by atoms with van der Waals surface area (Å²) in [6, 6.07) is 3.20. The van der Waals surface area contributed by atoms with Crippen molar-refractivity contribution in [1.82, 2.24) is 20.2 Å². The number of rotatable bonds is 6. The Kier molecular flexibility index (Phi) is 7.23. The third kappa shape index (κ3) is 5.16. The first-order valence-corrected chi connectivity index (χ1v) is 12.2. The number of hydrogen-bond donors (Lipinski definition) is 2. The van der Waals surface area contributed by atoms with Crippen LogP contribution < -0.4 is 10.2 Å². The van der Waals surface area contributed by atoms with E-state index >= 15 is 0 Å². The number of hydrogen-bond acceptors (Lipinski definition) is 6. The van der Waals surface area contributed by atoms with Gasteiger partial charge in [0.25, 0.3) is 0 Å². The number of carboxylic acid groups (broad SMARTS) is 1. The molecule has 2 aliphatic rings. The molecule has 2 atom stereocenters. The minimum Gasteiger partial charge on any atom is -0.465 e. The van der Waals surface area contributed by atoms with E-state index in [1.54, 1.807) is 17.3 Å². The molecule has 2 aliphatic heterocycles. The van der Waals surface area contributed by atoms with Gasteiger partial charge in [0.2, 0.25) is 5.91 Å². The molecule has 1 aromatic carbocycles. The number of aromatic nitrogens is 2. The second-order valence-corrected chi connectivity index (χ2v) is 9.63. The van der Waals surface area contributed by atoms with Gasteiger partial charge in [-0.3, -0.25) is 4.79 Å². The molecule has 1 unspecified atom stereocenters. The highest BCUT2D eigenvalue weighted by Gasteiger charge is 2.33. The van der Waals surface area contributed by atoms with Crippen LogP contribution in [-0.4, -0.2) is 64.2 Å². The van der Waals surface area contributed by atoms with Gasteiger partial charge in [-0.2, -0.15) is 0 Å². The summed E-state index contributed by atoms with van der Waals surface area (Å²) in [5.41, 5.74) is 2.76. The molecule has 1 aromatic heterocycles. The molecule has 0 bridgehead atoms. The lowest BCUT2D eigenvalue weighted by Gasteiger charge is -2.37. The Morgan fingerprint density at radius 1 is 1.30 bits per heavy atom. The number of halogens is 2. The average molecular weight is 494 g/mol. The number of thioether (sulfide) groups is 1. The summed E-state index contributed by atoms with van der Waals surface area (Å²) >= 11 is 7.60. The first kappa shape index (κ1) is 23.6. The van der Waals surface area contributed by atoms with Gasteiger partial charge in [0.1, 0.15) is 24.0 Å². The Hall–Kier alpha value is -2.59. The highest BCUT2D eigenvalue weighted by molar-refractivity contribution is 7.99. The van der Waals surface area contributed by atoms with Crippen molar-refractivity contribution in [2.75, 3.05) is 31.1 Å². The van der Waals surface area contributed by atoms with Crippen molar-refractivity contribution in [1.29, 1.82) is 0 Å². The fourth-order valence-electron chi connectivity index (χ4n) is 4.31. The zero-order valence-electron chi connectivity index (χ0n) is 18.1. The van der Waals surface area contributed by atoms with E-state index in [9.17, 15) is 19.1 Å². The summed E-state index contributed by atoms with van der Waals surface area (Å²) in [6.45, 7) is 4.21. The quantitative estimate of drug-likeness (QED) is 0.635. The van der Waals surface area contributed by atoms with E-state index in [0.717, 1.165) is 23.7 Å². The second kappa shape index (κ2) is 10.1. The zero-order valence-corrected chi connectivity index (χ0v) is 19.7. The van der Waals surface area contributed by atoms with Crippen molar-refractivity contribution in [2.24, 2.45) is 0 Å². The Balaban J connectivity index is 1.45. The highest BCUT2D eigenvalue weighted by atomic mass is 35.5. The van der Waals surface area contributed by atoms with E-state index in [-0.39, 0.29) is 17.4 Å². The fourth-order valence-corrected chi connectivity index (χ4v) is 5.66. The van der Waals surface area contributed by atoms with Crippen molar-refractivity contribution in [3.8, 4) is 0 Å². The molecule has 2 aromatic rings. The van der Waals surface area contributed by atoms with Crippen molar-refractivity contribution in [2.45, 2.75) is 36.8 Å². The highest BCUT2D eigenvalue weighted by Crippen LogP contribution is 2.46. The number of piperazine rings is 1. The molecule has 8 nitrogen and oxygen atoms in total. The number of carbonyl (C=O) groups excluding carboxylic acids is 1.